The molecule has 1 aromatic carbocycles. The van der Waals surface area contributed by atoms with Crippen LogP contribution in [0.2, 0.25) is 0 Å². The van der Waals surface area contributed by atoms with Crippen molar-refractivity contribution in [2.75, 3.05) is 18.5 Å². The first-order valence-electron chi connectivity index (χ1n) is 6.68. The Morgan fingerprint density at radius 2 is 1.89 bits per heavy atom. The van der Waals surface area contributed by atoms with Gasteiger partial charge in [-0.05, 0) is 43.1 Å². The molecule has 1 atom stereocenters. The molecule has 0 aliphatic heterocycles. The fourth-order valence-electron chi connectivity index (χ4n) is 1.89. The first-order chi connectivity index (χ1) is 8.45. The molecule has 0 aliphatic carbocycles. The zero-order valence-corrected chi connectivity index (χ0v) is 12.1. The van der Waals surface area contributed by atoms with E-state index >= 15 is 0 Å². The zero-order valence-electron chi connectivity index (χ0n) is 12.1. The zero-order chi connectivity index (χ0) is 13.7. The van der Waals surface area contributed by atoms with E-state index in [0.717, 1.165) is 17.8 Å². The van der Waals surface area contributed by atoms with Crippen LogP contribution >= 0.6 is 0 Å². The fourth-order valence-corrected chi connectivity index (χ4v) is 1.89. The van der Waals surface area contributed by atoms with Crippen LogP contribution in [0.3, 0.4) is 0 Å². The summed E-state index contributed by atoms with van der Waals surface area (Å²) >= 11 is 0. The molecule has 3 heteroatoms. The molecule has 0 radical (unpaired) electrons. The first-order valence-corrected chi connectivity index (χ1v) is 6.68. The monoisotopic (exact) mass is 252 g/mol. The third-order valence-electron chi connectivity index (χ3n) is 3.50. The van der Waals surface area contributed by atoms with E-state index in [2.05, 4.69) is 37.1 Å². The maximum absolute atomic E-state index is 13.6. The summed E-state index contributed by atoms with van der Waals surface area (Å²) in [4.78, 5) is 2.14. The third-order valence-corrected chi connectivity index (χ3v) is 3.50. The van der Waals surface area contributed by atoms with Crippen molar-refractivity contribution < 1.29 is 4.39 Å². The Morgan fingerprint density at radius 1 is 1.22 bits per heavy atom. The van der Waals surface area contributed by atoms with Gasteiger partial charge < -0.3 is 10.2 Å². The lowest BCUT2D eigenvalue weighted by Gasteiger charge is -2.30. The average molecular weight is 252 g/mol. The number of nitrogens with one attached hydrogen (secondary N) is 1. The molecular formula is C15H25FN2. The summed E-state index contributed by atoms with van der Waals surface area (Å²) in [5, 5.41) is 3.22. The van der Waals surface area contributed by atoms with Crippen LogP contribution in [0, 0.1) is 11.7 Å². The lowest BCUT2D eigenvalue weighted by Crippen LogP contribution is -2.33. The summed E-state index contributed by atoms with van der Waals surface area (Å²) < 4.78 is 13.6. The molecule has 1 aromatic rings. The van der Waals surface area contributed by atoms with Gasteiger partial charge in [0, 0.05) is 25.3 Å². The Labute approximate surface area is 110 Å². The molecule has 0 saturated carbocycles. The second-order valence-corrected chi connectivity index (χ2v) is 5.19. The van der Waals surface area contributed by atoms with E-state index in [1.165, 1.54) is 0 Å². The first kappa shape index (κ1) is 15.0. The van der Waals surface area contributed by atoms with Gasteiger partial charge in [0.25, 0.3) is 0 Å². The molecule has 0 saturated heterocycles. The molecule has 0 spiro atoms. The Hall–Kier alpha value is -1.09. The Morgan fingerprint density at radius 3 is 2.44 bits per heavy atom. The third kappa shape index (κ3) is 3.98. The normalized spacial score (nSPS) is 12.8. The molecule has 0 aliphatic rings. The summed E-state index contributed by atoms with van der Waals surface area (Å²) in [6.45, 7) is 10.2. The molecule has 0 aromatic heterocycles. The summed E-state index contributed by atoms with van der Waals surface area (Å²) in [5.74, 6) is 0.374. The van der Waals surface area contributed by atoms with E-state index in [-0.39, 0.29) is 5.82 Å². The molecule has 0 bridgehead atoms. The van der Waals surface area contributed by atoms with E-state index in [9.17, 15) is 4.39 Å². The minimum Gasteiger partial charge on any atom is -0.372 e. The lowest BCUT2D eigenvalue weighted by atomic mass is 10.0. The standard InChI is InChI=1S/C15H25FN2/c1-6-17-10-13-7-14(16)9-15(8-13)18(5)12(4)11(2)3/h7-9,11-12,17H,6,10H2,1-5H3. The largest absolute Gasteiger partial charge is 0.372 e. The second-order valence-electron chi connectivity index (χ2n) is 5.19. The van der Waals surface area contributed by atoms with Gasteiger partial charge in [-0.3, -0.25) is 0 Å². The van der Waals surface area contributed by atoms with Gasteiger partial charge in [-0.15, -0.1) is 0 Å². The van der Waals surface area contributed by atoms with Crippen molar-refractivity contribution in [3.8, 4) is 0 Å². The molecule has 102 valence electrons. The van der Waals surface area contributed by atoms with Crippen molar-refractivity contribution in [1.29, 1.82) is 0 Å². The van der Waals surface area contributed by atoms with Crippen LogP contribution < -0.4 is 10.2 Å². The van der Waals surface area contributed by atoms with Crippen LogP contribution in [0.1, 0.15) is 33.3 Å². The van der Waals surface area contributed by atoms with Crippen LogP contribution in [0.25, 0.3) is 0 Å². The number of nitrogens with zero attached hydrogens (tertiary/aromatic N) is 1. The van der Waals surface area contributed by atoms with E-state index in [0.29, 0.717) is 18.5 Å². The van der Waals surface area contributed by atoms with Crippen molar-refractivity contribution in [1.82, 2.24) is 5.32 Å². The summed E-state index contributed by atoms with van der Waals surface area (Å²) in [7, 11) is 2.02. The number of benzene rings is 1. The van der Waals surface area contributed by atoms with Crippen LogP contribution in [0.15, 0.2) is 18.2 Å². The van der Waals surface area contributed by atoms with Crippen molar-refractivity contribution in [3.05, 3.63) is 29.6 Å². The summed E-state index contributed by atoms with van der Waals surface area (Å²) in [6.07, 6.45) is 0. The van der Waals surface area contributed by atoms with Crippen molar-refractivity contribution in [2.45, 2.75) is 40.3 Å². The number of hydrogen-bond acceptors (Lipinski definition) is 2. The van der Waals surface area contributed by atoms with Gasteiger partial charge in [-0.25, -0.2) is 4.39 Å². The highest BCUT2D eigenvalue weighted by atomic mass is 19.1. The smallest absolute Gasteiger partial charge is 0.125 e. The highest BCUT2D eigenvalue weighted by molar-refractivity contribution is 5.49. The topological polar surface area (TPSA) is 15.3 Å². The molecule has 0 fully saturated rings. The van der Waals surface area contributed by atoms with E-state index in [1.54, 1.807) is 12.1 Å². The maximum atomic E-state index is 13.6. The Balaban J connectivity index is 2.91. The molecule has 0 amide bonds. The Kier molecular flexibility index (Phi) is 5.60. The van der Waals surface area contributed by atoms with Gasteiger partial charge in [0.2, 0.25) is 0 Å². The number of halogens is 1. The minimum atomic E-state index is -0.164. The quantitative estimate of drug-likeness (QED) is 0.834. The Bertz CT molecular complexity index is 377. The molecular weight excluding hydrogens is 227 g/mol. The van der Waals surface area contributed by atoms with E-state index < -0.39 is 0 Å². The molecule has 1 N–H and O–H groups in total. The SMILES string of the molecule is CCNCc1cc(F)cc(N(C)C(C)C(C)C)c1. The van der Waals surface area contributed by atoms with Crippen molar-refractivity contribution >= 4 is 5.69 Å². The van der Waals surface area contributed by atoms with Gasteiger partial charge in [-0.2, -0.15) is 0 Å². The average Bonchev–Trinajstić information content (AvgIpc) is 2.33. The van der Waals surface area contributed by atoms with Crippen molar-refractivity contribution in [3.63, 3.8) is 0 Å². The number of rotatable bonds is 6. The predicted octanol–water partition coefficient (Wildman–Crippen LogP) is 3.42. The van der Waals surface area contributed by atoms with Crippen molar-refractivity contribution in [2.24, 2.45) is 5.92 Å². The fraction of sp³-hybridized carbons (Fsp3) is 0.600. The van der Waals surface area contributed by atoms with Gasteiger partial charge in [-0.1, -0.05) is 20.8 Å². The molecule has 2 nitrogen and oxygen atoms in total. The van der Waals surface area contributed by atoms with Gasteiger partial charge >= 0.3 is 0 Å². The van der Waals surface area contributed by atoms with Crippen LogP contribution in [0.5, 0.6) is 0 Å². The van der Waals surface area contributed by atoms with Gasteiger partial charge in [0.15, 0.2) is 0 Å². The highest BCUT2D eigenvalue weighted by Crippen LogP contribution is 2.22. The predicted molar refractivity (Wildman–Crippen MR) is 76.5 cm³/mol. The van der Waals surface area contributed by atoms with Crippen LogP contribution in [-0.4, -0.2) is 19.6 Å². The lowest BCUT2D eigenvalue weighted by molar-refractivity contribution is 0.504. The van der Waals surface area contributed by atoms with Gasteiger partial charge in [0.1, 0.15) is 5.82 Å². The summed E-state index contributed by atoms with van der Waals surface area (Å²) in [5.41, 5.74) is 1.94. The second kappa shape index (κ2) is 6.74. The molecule has 1 unspecified atom stereocenters. The van der Waals surface area contributed by atoms with Gasteiger partial charge in [0.05, 0.1) is 0 Å². The van der Waals surface area contributed by atoms with E-state index in [1.807, 2.05) is 14.0 Å². The minimum absolute atomic E-state index is 0.164. The van der Waals surface area contributed by atoms with Crippen LogP contribution in [0.4, 0.5) is 10.1 Å². The summed E-state index contributed by atoms with van der Waals surface area (Å²) in [6, 6.07) is 5.65. The van der Waals surface area contributed by atoms with E-state index in [4.69, 9.17) is 0 Å². The maximum Gasteiger partial charge on any atom is 0.125 e. The number of hydrogen-bond donors (Lipinski definition) is 1. The highest BCUT2D eigenvalue weighted by Gasteiger charge is 2.14. The molecule has 18 heavy (non-hydrogen) atoms. The molecule has 1 rings (SSSR count). The van der Waals surface area contributed by atoms with Crippen LogP contribution in [-0.2, 0) is 6.54 Å². The molecule has 0 heterocycles. The number of anilines is 1.